The van der Waals surface area contributed by atoms with Crippen molar-refractivity contribution in [3.05, 3.63) is 60.5 Å². The first-order chi connectivity index (χ1) is 25.7. The van der Waals surface area contributed by atoms with Crippen molar-refractivity contribution in [2.45, 2.75) is 82.2 Å². The van der Waals surface area contributed by atoms with Gasteiger partial charge < -0.3 is 39.1 Å². The molecule has 53 heavy (non-hydrogen) atoms. The van der Waals surface area contributed by atoms with Gasteiger partial charge in [0.05, 0.1) is 70.3 Å². The summed E-state index contributed by atoms with van der Waals surface area (Å²) in [6, 6.07) is 9.38. The number of hydrogen-bond donors (Lipinski definition) is 1. The van der Waals surface area contributed by atoms with Gasteiger partial charge in [-0.25, -0.2) is 0 Å². The summed E-state index contributed by atoms with van der Waals surface area (Å²) in [6.45, 7) is 0. The van der Waals surface area contributed by atoms with Crippen molar-refractivity contribution in [1.82, 2.24) is 9.47 Å². The van der Waals surface area contributed by atoms with Gasteiger partial charge in [0.25, 0.3) is 11.5 Å². The van der Waals surface area contributed by atoms with Crippen molar-refractivity contribution in [2.75, 3.05) is 42.7 Å². The summed E-state index contributed by atoms with van der Waals surface area (Å²) in [6.07, 6.45) is 11.8. The van der Waals surface area contributed by atoms with Crippen LogP contribution in [0.5, 0.6) is 34.5 Å². The van der Waals surface area contributed by atoms with Gasteiger partial charge >= 0.3 is 0 Å². The van der Waals surface area contributed by atoms with Gasteiger partial charge in [-0.15, -0.1) is 11.3 Å². The molecular weight excluding hydrogens is 697 g/mol. The zero-order valence-electron chi connectivity index (χ0n) is 31.3. The first kappa shape index (κ1) is 37.7. The van der Waals surface area contributed by atoms with Crippen LogP contribution in [-0.4, -0.2) is 70.1 Å². The number of nitrogens with two attached hydrogens (primary N) is 1. The number of amides is 1. The molecule has 13 heteroatoms. The summed E-state index contributed by atoms with van der Waals surface area (Å²) < 4.78 is 35.7. The second kappa shape index (κ2) is 16.3. The lowest BCUT2D eigenvalue weighted by atomic mass is 9.81. The molecule has 2 fully saturated rings. The lowest BCUT2D eigenvalue weighted by molar-refractivity contribution is -0.131. The smallest absolute Gasteiger partial charge is 0.274 e. The first-order valence-electron chi connectivity index (χ1n) is 18.0. The fourth-order valence-corrected chi connectivity index (χ4v) is 9.35. The van der Waals surface area contributed by atoms with Gasteiger partial charge in [0.2, 0.25) is 11.5 Å². The average Bonchev–Trinajstić information content (AvgIpc) is 3.52. The Kier molecular flexibility index (Phi) is 11.6. The zero-order valence-corrected chi connectivity index (χ0v) is 32.1. The molecule has 1 atom stereocenters. The number of fused-ring (bicyclic) bond motifs is 1. The zero-order chi connectivity index (χ0) is 37.8. The van der Waals surface area contributed by atoms with Crippen LogP contribution in [0.15, 0.2) is 34.6 Å². The third kappa shape index (κ3) is 6.92. The number of nitriles is 1. The van der Waals surface area contributed by atoms with Gasteiger partial charge in [0.1, 0.15) is 10.5 Å². The molecule has 0 radical (unpaired) electrons. The Balaban J connectivity index is 1.68. The number of allylic oxidation sites excluding steroid dienone is 1. The summed E-state index contributed by atoms with van der Waals surface area (Å²) in [5.74, 6) is 1.22. The van der Waals surface area contributed by atoms with Gasteiger partial charge in [-0.1, -0.05) is 38.5 Å². The molecule has 0 saturated heterocycles. The normalized spacial score (nSPS) is 18.2. The predicted octanol–water partition coefficient (Wildman–Crippen LogP) is 4.88. The largest absolute Gasteiger partial charge is 0.493 e. The van der Waals surface area contributed by atoms with E-state index < -0.39 is 11.5 Å². The highest BCUT2D eigenvalue weighted by Gasteiger charge is 2.42. The average molecular weight is 745 g/mol. The van der Waals surface area contributed by atoms with E-state index in [4.69, 9.17) is 34.2 Å². The molecule has 2 heterocycles. The molecule has 1 aromatic heterocycles. The van der Waals surface area contributed by atoms with Crippen LogP contribution in [0.2, 0.25) is 0 Å². The highest BCUT2D eigenvalue weighted by atomic mass is 32.1. The lowest BCUT2D eigenvalue weighted by Crippen LogP contribution is -2.51. The summed E-state index contributed by atoms with van der Waals surface area (Å²) in [5.41, 5.74) is 7.95. The highest BCUT2D eigenvalue weighted by molar-refractivity contribution is 7.07. The van der Waals surface area contributed by atoms with Crippen molar-refractivity contribution >= 4 is 34.7 Å². The maximum Gasteiger partial charge on any atom is 0.274 e. The SMILES string of the molecule is COc1cc(/C=c2/sc3n(c2=O)C(N)=C(C#N)C(c2cc(OC)c(OC)c(OC)c2)C=3C(=O)N(C2CCCCC2)C2CCCCC2)cc(OC)c1OC. The Morgan fingerprint density at radius 3 is 1.70 bits per heavy atom. The second-order valence-electron chi connectivity index (χ2n) is 13.5. The van der Waals surface area contributed by atoms with Crippen LogP contribution in [-0.2, 0) is 4.79 Å². The van der Waals surface area contributed by atoms with E-state index in [0.29, 0.717) is 60.4 Å². The molecule has 2 saturated carbocycles. The van der Waals surface area contributed by atoms with E-state index in [-0.39, 0.29) is 29.4 Å². The van der Waals surface area contributed by atoms with Crippen LogP contribution in [0, 0.1) is 11.3 Å². The molecule has 1 unspecified atom stereocenters. The minimum Gasteiger partial charge on any atom is -0.493 e. The van der Waals surface area contributed by atoms with Crippen molar-refractivity contribution in [2.24, 2.45) is 5.73 Å². The van der Waals surface area contributed by atoms with Crippen LogP contribution in [0.4, 0.5) is 0 Å². The number of benzene rings is 2. The molecular formula is C40H48N4O8S. The van der Waals surface area contributed by atoms with Crippen molar-refractivity contribution in [3.63, 3.8) is 0 Å². The molecule has 1 aliphatic heterocycles. The Hall–Kier alpha value is -5.09. The number of aromatic nitrogens is 1. The fourth-order valence-electron chi connectivity index (χ4n) is 8.18. The van der Waals surface area contributed by atoms with E-state index >= 15 is 4.79 Å². The predicted molar refractivity (Wildman–Crippen MR) is 203 cm³/mol. The van der Waals surface area contributed by atoms with Crippen molar-refractivity contribution in [3.8, 4) is 40.6 Å². The minimum absolute atomic E-state index is 0.0366. The van der Waals surface area contributed by atoms with E-state index in [9.17, 15) is 10.1 Å². The van der Waals surface area contributed by atoms with Crippen LogP contribution >= 0.6 is 11.3 Å². The number of ether oxygens (including phenoxy) is 6. The Morgan fingerprint density at radius 2 is 1.26 bits per heavy atom. The molecule has 282 valence electrons. The van der Waals surface area contributed by atoms with E-state index in [1.165, 1.54) is 58.6 Å². The third-order valence-corrected chi connectivity index (χ3v) is 11.8. The Bertz CT molecular complexity index is 2050. The molecule has 0 bridgehead atoms. The summed E-state index contributed by atoms with van der Waals surface area (Å²) in [4.78, 5) is 32.2. The number of thiazole rings is 1. The van der Waals surface area contributed by atoms with Gasteiger partial charge in [0.15, 0.2) is 23.0 Å². The van der Waals surface area contributed by atoms with E-state index in [1.807, 2.05) is 0 Å². The minimum atomic E-state index is -0.928. The number of hydrogen-bond acceptors (Lipinski definition) is 11. The summed E-state index contributed by atoms with van der Waals surface area (Å²) in [7, 11) is 9.12. The molecule has 3 aromatic rings. The Labute approximate surface area is 313 Å². The first-order valence-corrected chi connectivity index (χ1v) is 18.9. The molecule has 2 N–H and O–H groups in total. The van der Waals surface area contributed by atoms with Crippen molar-refractivity contribution in [1.29, 1.82) is 5.26 Å². The number of nitrogens with zero attached hydrogens (tertiary/aromatic N) is 3. The molecule has 3 aliphatic rings. The summed E-state index contributed by atoms with van der Waals surface area (Å²) in [5, 5.41) is 10.8. The maximum absolute atomic E-state index is 15.6. The molecule has 1 amide bonds. The van der Waals surface area contributed by atoms with Crippen LogP contribution in [0.1, 0.15) is 81.3 Å². The number of methoxy groups -OCH3 is 6. The number of carbonyl (C=O) groups excluding carboxylic acids is 1. The monoisotopic (exact) mass is 744 g/mol. The Morgan fingerprint density at radius 1 is 0.792 bits per heavy atom. The van der Waals surface area contributed by atoms with E-state index in [2.05, 4.69) is 11.0 Å². The van der Waals surface area contributed by atoms with Crippen LogP contribution in [0.25, 0.3) is 17.5 Å². The molecule has 2 aliphatic carbocycles. The molecule has 0 spiro atoms. The van der Waals surface area contributed by atoms with Gasteiger partial charge in [-0.3, -0.25) is 14.2 Å². The van der Waals surface area contributed by atoms with Gasteiger partial charge in [-0.05, 0) is 67.2 Å². The molecule has 2 aromatic carbocycles. The van der Waals surface area contributed by atoms with Gasteiger partial charge in [0, 0.05) is 12.1 Å². The molecule has 12 nitrogen and oxygen atoms in total. The van der Waals surface area contributed by atoms with E-state index in [1.54, 1.807) is 30.3 Å². The standard InChI is InChI=1S/C40H48N4O8S/c1-47-28-17-23(18-29(48-2)35(28)51-5)19-32-38(45)44-37(42)27(22-41)33(24-20-30(49-3)36(52-6)31(21-24)50-4)34(40(44)53-32)39(46)43(25-13-9-7-10-14-25)26-15-11-8-12-16-26/h17-21,25-26,33H,7-16,42H2,1-6H3/b32-19+. The lowest BCUT2D eigenvalue weighted by Gasteiger charge is -2.43. The van der Waals surface area contributed by atoms with E-state index in [0.717, 1.165) is 64.2 Å². The number of carbonyl (C=O) groups is 1. The van der Waals surface area contributed by atoms with Gasteiger partial charge in [-0.2, -0.15) is 5.26 Å². The second-order valence-corrected chi connectivity index (χ2v) is 14.6. The summed E-state index contributed by atoms with van der Waals surface area (Å²) >= 11 is 1.17. The topological polar surface area (TPSA) is 148 Å². The number of rotatable bonds is 11. The highest BCUT2D eigenvalue weighted by Crippen LogP contribution is 2.46. The maximum atomic E-state index is 15.6. The molecule has 6 rings (SSSR count). The van der Waals surface area contributed by atoms with Crippen LogP contribution in [0.3, 0.4) is 0 Å². The quantitative estimate of drug-likeness (QED) is 0.288. The van der Waals surface area contributed by atoms with Crippen molar-refractivity contribution < 1.29 is 33.2 Å². The third-order valence-electron chi connectivity index (χ3n) is 10.7. The fraction of sp³-hybridized carbons (Fsp3) is 0.475. The van der Waals surface area contributed by atoms with Crippen LogP contribution < -0.4 is 48.9 Å².